The zero-order chi connectivity index (χ0) is 8.72. The van der Waals surface area contributed by atoms with Gasteiger partial charge in [0.2, 0.25) is 0 Å². The summed E-state index contributed by atoms with van der Waals surface area (Å²) < 4.78 is 1.98. The Balaban J connectivity index is 2.87. The van der Waals surface area contributed by atoms with E-state index in [0.717, 1.165) is 19.3 Å². The van der Waals surface area contributed by atoms with Crippen LogP contribution >= 0.6 is 33.9 Å². The van der Waals surface area contributed by atoms with E-state index in [2.05, 4.69) is 22.6 Å². The summed E-state index contributed by atoms with van der Waals surface area (Å²) in [5, 5.41) is 12.2. The number of anilines is 1. The standard InChI is InChI=1S/C8H6INOS/c9-5-2-8-4(1-7(5)11)6(10)3-12-8/h1-3,11H,10H2. The van der Waals surface area contributed by atoms with Gasteiger partial charge in [-0.15, -0.1) is 11.3 Å². The predicted molar refractivity (Wildman–Crippen MR) is 60.6 cm³/mol. The van der Waals surface area contributed by atoms with Gasteiger partial charge in [0.25, 0.3) is 0 Å². The highest BCUT2D eigenvalue weighted by Crippen LogP contribution is 2.33. The summed E-state index contributed by atoms with van der Waals surface area (Å²) in [6.07, 6.45) is 0. The SMILES string of the molecule is Nc1csc2cc(I)c(O)cc12. The van der Waals surface area contributed by atoms with Crippen molar-refractivity contribution in [3.05, 3.63) is 21.1 Å². The van der Waals surface area contributed by atoms with Gasteiger partial charge in [0.05, 0.1) is 9.26 Å². The van der Waals surface area contributed by atoms with Crippen molar-refractivity contribution in [1.29, 1.82) is 0 Å². The van der Waals surface area contributed by atoms with E-state index in [1.807, 2.05) is 11.4 Å². The van der Waals surface area contributed by atoms with Gasteiger partial charge in [0.15, 0.2) is 0 Å². The molecule has 1 aromatic heterocycles. The lowest BCUT2D eigenvalue weighted by atomic mass is 10.2. The molecule has 2 nitrogen and oxygen atoms in total. The van der Waals surface area contributed by atoms with E-state index < -0.39 is 0 Å². The van der Waals surface area contributed by atoms with Gasteiger partial charge >= 0.3 is 0 Å². The Hall–Kier alpha value is -0.490. The summed E-state index contributed by atoms with van der Waals surface area (Å²) in [5.41, 5.74) is 6.43. The first-order chi connectivity index (χ1) is 5.68. The van der Waals surface area contributed by atoms with E-state index in [9.17, 15) is 5.11 Å². The number of phenols is 1. The quantitative estimate of drug-likeness (QED) is 0.733. The number of hydrogen-bond acceptors (Lipinski definition) is 3. The molecule has 1 aromatic carbocycles. The van der Waals surface area contributed by atoms with Crippen molar-refractivity contribution in [3.8, 4) is 5.75 Å². The smallest absolute Gasteiger partial charge is 0.129 e. The number of halogens is 1. The summed E-state index contributed by atoms with van der Waals surface area (Å²) in [6, 6.07) is 3.65. The first kappa shape index (κ1) is 8.12. The molecule has 0 aliphatic heterocycles. The van der Waals surface area contributed by atoms with E-state index in [0.29, 0.717) is 5.75 Å². The Kier molecular flexibility index (Phi) is 1.88. The Morgan fingerprint density at radius 2 is 2.17 bits per heavy atom. The van der Waals surface area contributed by atoms with E-state index in [-0.39, 0.29) is 0 Å². The molecule has 1 heterocycles. The van der Waals surface area contributed by atoms with Crippen molar-refractivity contribution in [2.45, 2.75) is 0 Å². The van der Waals surface area contributed by atoms with Crippen LogP contribution in [0.2, 0.25) is 0 Å². The van der Waals surface area contributed by atoms with Crippen molar-refractivity contribution >= 4 is 49.7 Å². The number of nitrogen functional groups attached to an aromatic ring is 1. The zero-order valence-electron chi connectivity index (χ0n) is 6.04. The molecule has 4 heteroatoms. The van der Waals surface area contributed by atoms with Gasteiger partial charge in [-0.05, 0) is 34.7 Å². The number of thiophene rings is 1. The third-order valence-corrected chi connectivity index (χ3v) is 3.50. The summed E-state index contributed by atoms with van der Waals surface area (Å²) in [7, 11) is 0. The van der Waals surface area contributed by atoms with Crippen LogP contribution in [0.25, 0.3) is 10.1 Å². The largest absolute Gasteiger partial charge is 0.507 e. The highest BCUT2D eigenvalue weighted by atomic mass is 127. The van der Waals surface area contributed by atoms with Gasteiger partial charge in [-0.25, -0.2) is 0 Å². The Morgan fingerprint density at radius 3 is 2.92 bits per heavy atom. The molecule has 0 spiro atoms. The maximum atomic E-state index is 9.40. The average Bonchev–Trinajstić information content (AvgIpc) is 2.35. The molecule has 0 unspecified atom stereocenters. The lowest BCUT2D eigenvalue weighted by molar-refractivity contribution is 0.472. The fourth-order valence-electron chi connectivity index (χ4n) is 1.06. The molecule has 62 valence electrons. The van der Waals surface area contributed by atoms with E-state index in [4.69, 9.17) is 5.73 Å². The monoisotopic (exact) mass is 291 g/mol. The number of aromatic hydroxyl groups is 1. The van der Waals surface area contributed by atoms with E-state index in [1.165, 1.54) is 0 Å². The number of phenolic OH excluding ortho intramolecular Hbond substituents is 1. The molecule has 2 rings (SSSR count). The maximum Gasteiger partial charge on any atom is 0.129 e. The molecule has 2 aromatic rings. The van der Waals surface area contributed by atoms with Gasteiger partial charge in [-0.1, -0.05) is 0 Å². The van der Waals surface area contributed by atoms with Gasteiger partial charge < -0.3 is 10.8 Å². The molecule has 0 saturated heterocycles. The molecule has 0 aliphatic carbocycles. The average molecular weight is 291 g/mol. The number of benzene rings is 1. The van der Waals surface area contributed by atoms with Gasteiger partial charge in [-0.2, -0.15) is 0 Å². The minimum Gasteiger partial charge on any atom is -0.507 e. The Morgan fingerprint density at radius 1 is 1.42 bits per heavy atom. The summed E-state index contributed by atoms with van der Waals surface area (Å²) in [4.78, 5) is 0. The lowest BCUT2D eigenvalue weighted by Crippen LogP contribution is -1.80. The zero-order valence-corrected chi connectivity index (χ0v) is 9.02. The van der Waals surface area contributed by atoms with Crippen LogP contribution in [0, 0.1) is 3.57 Å². The molecule has 12 heavy (non-hydrogen) atoms. The fraction of sp³-hybridized carbons (Fsp3) is 0. The Bertz CT molecular complexity index is 438. The van der Waals surface area contributed by atoms with Crippen molar-refractivity contribution in [2.75, 3.05) is 5.73 Å². The summed E-state index contributed by atoms with van der Waals surface area (Å²) in [6.45, 7) is 0. The van der Waals surface area contributed by atoms with Crippen molar-refractivity contribution in [1.82, 2.24) is 0 Å². The number of fused-ring (bicyclic) bond motifs is 1. The van der Waals surface area contributed by atoms with Crippen LogP contribution in [0.1, 0.15) is 0 Å². The first-order valence-electron chi connectivity index (χ1n) is 3.33. The highest BCUT2D eigenvalue weighted by Gasteiger charge is 2.04. The van der Waals surface area contributed by atoms with Crippen LogP contribution in [0.4, 0.5) is 5.69 Å². The van der Waals surface area contributed by atoms with Crippen LogP contribution < -0.4 is 5.73 Å². The fourth-order valence-corrected chi connectivity index (χ4v) is 2.61. The van der Waals surface area contributed by atoms with Crippen LogP contribution in [0.15, 0.2) is 17.5 Å². The lowest BCUT2D eigenvalue weighted by Gasteiger charge is -1.96. The maximum absolute atomic E-state index is 9.40. The molecule has 3 N–H and O–H groups in total. The Labute approximate surface area is 87.1 Å². The number of hydrogen-bond donors (Lipinski definition) is 2. The van der Waals surface area contributed by atoms with Crippen molar-refractivity contribution in [2.24, 2.45) is 0 Å². The number of rotatable bonds is 0. The number of nitrogens with two attached hydrogens (primary N) is 1. The first-order valence-corrected chi connectivity index (χ1v) is 5.29. The normalized spacial score (nSPS) is 10.8. The second kappa shape index (κ2) is 2.77. The predicted octanol–water partition coefficient (Wildman–Crippen LogP) is 2.79. The molecule has 0 aliphatic rings. The third-order valence-electron chi connectivity index (χ3n) is 1.67. The summed E-state index contributed by atoms with van der Waals surface area (Å²) in [5.74, 6) is 0.299. The minimum absolute atomic E-state index is 0.299. The molecular formula is C8H6INOS. The van der Waals surface area contributed by atoms with Crippen molar-refractivity contribution in [3.63, 3.8) is 0 Å². The van der Waals surface area contributed by atoms with Gasteiger partial charge in [0.1, 0.15) is 5.75 Å². The van der Waals surface area contributed by atoms with E-state index in [1.54, 1.807) is 17.4 Å². The van der Waals surface area contributed by atoms with Crippen LogP contribution in [0.3, 0.4) is 0 Å². The van der Waals surface area contributed by atoms with Gasteiger partial charge in [-0.3, -0.25) is 0 Å². The topological polar surface area (TPSA) is 46.2 Å². The molecular weight excluding hydrogens is 285 g/mol. The molecule has 0 radical (unpaired) electrons. The second-order valence-electron chi connectivity index (χ2n) is 2.49. The van der Waals surface area contributed by atoms with Crippen LogP contribution in [0.5, 0.6) is 5.75 Å². The van der Waals surface area contributed by atoms with E-state index >= 15 is 0 Å². The molecule has 0 saturated carbocycles. The highest BCUT2D eigenvalue weighted by molar-refractivity contribution is 14.1. The second-order valence-corrected chi connectivity index (χ2v) is 4.56. The van der Waals surface area contributed by atoms with Gasteiger partial charge in [0, 0.05) is 15.5 Å². The summed E-state index contributed by atoms with van der Waals surface area (Å²) >= 11 is 3.69. The minimum atomic E-state index is 0.299. The van der Waals surface area contributed by atoms with Crippen LogP contribution in [-0.4, -0.2) is 5.11 Å². The molecule has 0 amide bonds. The third kappa shape index (κ3) is 1.15. The van der Waals surface area contributed by atoms with Crippen LogP contribution in [-0.2, 0) is 0 Å². The molecule has 0 atom stereocenters. The molecule has 0 bridgehead atoms. The van der Waals surface area contributed by atoms with Crippen molar-refractivity contribution < 1.29 is 5.11 Å². The molecule has 0 fully saturated rings.